The second-order valence-corrected chi connectivity index (χ2v) is 5.02. The third kappa shape index (κ3) is 1.90. The van der Waals surface area contributed by atoms with Crippen LogP contribution in [0.5, 0.6) is 0 Å². The van der Waals surface area contributed by atoms with Gasteiger partial charge in [-0.1, -0.05) is 18.2 Å². The average molecular weight is 231 g/mol. The van der Waals surface area contributed by atoms with Gasteiger partial charge in [0.25, 0.3) is 0 Å². The van der Waals surface area contributed by atoms with Crippen molar-refractivity contribution in [2.45, 2.75) is 37.6 Å². The van der Waals surface area contributed by atoms with Gasteiger partial charge in [0.2, 0.25) is 0 Å². The number of rotatable bonds is 3. The Morgan fingerprint density at radius 2 is 2.00 bits per heavy atom. The first-order chi connectivity index (χ1) is 8.27. The summed E-state index contributed by atoms with van der Waals surface area (Å²) in [4.78, 5) is 13.3. The van der Waals surface area contributed by atoms with E-state index in [1.54, 1.807) is 0 Å². The number of carboxylic acid groups (broad SMARTS) is 1. The van der Waals surface area contributed by atoms with Crippen molar-refractivity contribution in [1.82, 2.24) is 0 Å². The zero-order valence-electron chi connectivity index (χ0n) is 9.80. The summed E-state index contributed by atoms with van der Waals surface area (Å²) in [7, 11) is 0. The van der Waals surface area contributed by atoms with Gasteiger partial charge in [0.1, 0.15) is 6.04 Å². The minimum Gasteiger partial charge on any atom is -0.480 e. The monoisotopic (exact) mass is 231 g/mol. The summed E-state index contributed by atoms with van der Waals surface area (Å²) in [5.74, 6) is -0.0191. The van der Waals surface area contributed by atoms with Crippen molar-refractivity contribution in [2.24, 2.45) is 0 Å². The zero-order chi connectivity index (χ0) is 11.8. The van der Waals surface area contributed by atoms with Gasteiger partial charge in [-0.15, -0.1) is 0 Å². The highest BCUT2D eigenvalue weighted by atomic mass is 16.4. The number of aliphatic carboxylic acids is 1. The van der Waals surface area contributed by atoms with Crippen molar-refractivity contribution < 1.29 is 9.90 Å². The first-order valence-corrected chi connectivity index (χ1v) is 6.36. The maximum Gasteiger partial charge on any atom is 0.326 e. The molecule has 0 amide bonds. The van der Waals surface area contributed by atoms with Crippen LogP contribution < -0.4 is 4.90 Å². The average Bonchev–Trinajstić information content (AvgIpc) is 3.06. The van der Waals surface area contributed by atoms with Crippen molar-refractivity contribution in [3.63, 3.8) is 0 Å². The molecule has 1 aliphatic carbocycles. The molecule has 1 saturated heterocycles. The fourth-order valence-corrected chi connectivity index (χ4v) is 2.80. The molecule has 0 radical (unpaired) electrons. The van der Waals surface area contributed by atoms with Gasteiger partial charge in [0.15, 0.2) is 0 Å². The van der Waals surface area contributed by atoms with E-state index in [-0.39, 0.29) is 6.04 Å². The minimum absolute atomic E-state index is 0.324. The minimum atomic E-state index is -0.687. The van der Waals surface area contributed by atoms with Crippen LogP contribution in [-0.4, -0.2) is 23.7 Å². The smallest absolute Gasteiger partial charge is 0.326 e. The lowest BCUT2D eigenvalue weighted by Crippen LogP contribution is -2.36. The van der Waals surface area contributed by atoms with Gasteiger partial charge in [-0.3, -0.25) is 0 Å². The molecular weight excluding hydrogens is 214 g/mol. The highest BCUT2D eigenvalue weighted by Crippen LogP contribution is 2.45. The number of nitrogens with zero attached hydrogens (tertiary/aromatic N) is 1. The number of para-hydroxylation sites is 1. The Morgan fingerprint density at radius 3 is 2.71 bits per heavy atom. The zero-order valence-corrected chi connectivity index (χ0v) is 9.80. The first kappa shape index (κ1) is 10.6. The molecule has 2 aliphatic rings. The second kappa shape index (κ2) is 4.06. The van der Waals surface area contributed by atoms with E-state index in [0.29, 0.717) is 5.92 Å². The van der Waals surface area contributed by atoms with Gasteiger partial charge in [0, 0.05) is 12.2 Å². The van der Waals surface area contributed by atoms with Crippen LogP contribution >= 0.6 is 0 Å². The maximum atomic E-state index is 11.2. The summed E-state index contributed by atoms with van der Waals surface area (Å²) < 4.78 is 0. The summed E-state index contributed by atoms with van der Waals surface area (Å²) in [6.07, 6.45) is 4.26. The van der Waals surface area contributed by atoms with E-state index in [1.165, 1.54) is 18.4 Å². The van der Waals surface area contributed by atoms with Crippen LogP contribution in [-0.2, 0) is 4.79 Å². The lowest BCUT2D eigenvalue weighted by Gasteiger charge is -2.26. The van der Waals surface area contributed by atoms with Crippen LogP contribution in [0, 0.1) is 0 Å². The molecular formula is C14H17NO2. The van der Waals surface area contributed by atoms with Gasteiger partial charge < -0.3 is 10.0 Å². The standard InChI is InChI=1S/C14H17NO2/c16-14(17)13-6-3-9-15(13)12-5-2-1-4-11(12)10-7-8-10/h1-2,4-5,10,13H,3,6-9H2,(H,16,17). The first-order valence-electron chi connectivity index (χ1n) is 6.36. The Bertz CT molecular complexity index is 440. The fourth-order valence-electron chi connectivity index (χ4n) is 2.80. The van der Waals surface area contributed by atoms with E-state index in [4.69, 9.17) is 0 Å². The van der Waals surface area contributed by atoms with Crippen molar-refractivity contribution >= 4 is 11.7 Å². The maximum absolute atomic E-state index is 11.2. The molecule has 3 rings (SSSR count). The topological polar surface area (TPSA) is 40.5 Å². The lowest BCUT2D eigenvalue weighted by atomic mass is 10.1. The van der Waals surface area contributed by atoms with Crippen LogP contribution in [0.25, 0.3) is 0 Å². The van der Waals surface area contributed by atoms with E-state index < -0.39 is 5.97 Å². The van der Waals surface area contributed by atoms with Crippen LogP contribution in [0.15, 0.2) is 24.3 Å². The molecule has 1 saturated carbocycles. The van der Waals surface area contributed by atoms with E-state index in [1.807, 2.05) is 6.07 Å². The Kier molecular flexibility index (Phi) is 2.54. The lowest BCUT2D eigenvalue weighted by molar-refractivity contribution is -0.138. The number of benzene rings is 1. The van der Waals surface area contributed by atoms with Crippen LogP contribution in [0.2, 0.25) is 0 Å². The van der Waals surface area contributed by atoms with Gasteiger partial charge in [-0.2, -0.15) is 0 Å². The molecule has 0 bridgehead atoms. The summed E-state index contributed by atoms with van der Waals surface area (Å²) in [5.41, 5.74) is 2.50. The summed E-state index contributed by atoms with van der Waals surface area (Å²) >= 11 is 0. The van der Waals surface area contributed by atoms with E-state index in [9.17, 15) is 9.90 Å². The number of anilines is 1. The largest absolute Gasteiger partial charge is 0.480 e. The summed E-state index contributed by atoms with van der Waals surface area (Å²) in [6.45, 7) is 0.876. The molecule has 3 heteroatoms. The van der Waals surface area contributed by atoms with Gasteiger partial charge >= 0.3 is 5.97 Å². The quantitative estimate of drug-likeness (QED) is 0.869. The summed E-state index contributed by atoms with van der Waals surface area (Å²) in [6, 6.07) is 7.98. The highest BCUT2D eigenvalue weighted by molar-refractivity contribution is 5.79. The number of carboxylic acids is 1. The number of hydrogen-bond donors (Lipinski definition) is 1. The number of carbonyl (C=O) groups is 1. The van der Waals surface area contributed by atoms with E-state index in [2.05, 4.69) is 23.1 Å². The highest BCUT2D eigenvalue weighted by Gasteiger charge is 2.34. The third-order valence-electron chi connectivity index (χ3n) is 3.80. The molecule has 0 aromatic heterocycles. The Hall–Kier alpha value is -1.51. The van der Waals surface area contributed by atoms with Crippen molar-refractivity contribution in [3.05, 3.63) is 29.8 Å². The second-order valence-electron chi connectivity index (χ2n) is 5.02. The Labute approximate surface area is 101 Å². The fraction of sp³-hybridized carbons (Fsp3) is 0.500. The predicted octanol–water partition coefficient (Wildman–Crippen LogP) is 2.62. The molecule has 90 valence electrons. The van der Waals surface area contributed by atoms with Crippen molar-refractivity contribution in [1.29, 1.82) is 0 Å². The molecule has 1 aromatic carbocycles. The Morgan fingerprint density at radius 1 is 1.24 bits per heavy atom. The SMILES string of the molecule is O=C(O)C1CCCN1c1ccccc1C1CC1. The van der Waals surface area contributed by atoms with E-state index in [0.717, 1.165) is 25.1 Å². The van der Waals surface area contributed by atoms with Crippen LogP contribution in [0.4, 0.5) is 5.69 Å². The molecule has 0 spiro atoms. The van der Waals surface area contributed by atoms with E-state index >= 15 is 0 Å². The number of hydrogen-bond acceptors (Lipinski definition) is 2. The normalized spacial score (nSPS) is 24.0. The van der Waals surface area contributed by atoms with Crippen LogP contribution in [0.1, 0.15) is 37.2 Å². The molecule has 1 heterocycles. The van der Waals surface area contributed by atoms with Crippen molar-refractivity contribution in [3.8, 4) is 0 Å². The molecule has 1 atom stereocenters. The molecule has 1 N–H and O–H groups in total. The molecule has 17 heavy (non-hydrogen) atoms. The predicted molar refractivity (Wildman–Crippen MR) is 66.4 cm³/mol. The molecule has 1 unspecified atom stereocenters. The molecule has 1 aliphatic heterocycles. The van der Waals surface area contributed by atoms with Gasteiger partial charge in [0.05, 0.1) is 0 Å². The molecule has 2 fully saturated rings. The Balaban J connectivity index is 1.95. The van der Waals surface area contributed by atoms with Crippen LogP contribution in [0.3, 0.4) is 0 Å². The van der Waals surface area contributed by atoms with Gasteiger partial charge in [-0.05, 0) is 43.2 Å². The van der Waals surface area contributed by atoms with Crippen molar-refractivity contribution in [2.75, 3.05) is 11.4 Å². The van der Waals surface area contributed by atoms with Gasteiger partial charge in [-0.25, -0.2) is 4.79 Å². The summed E-state index contributed by atoms with van der Waals surface area (Å²) in [5, 5.41) is 9.25. The molecule has 1 aromatic rings. The third-order valence-corrected chi connectivity index (χ3v) is 3.80. The molecule has 3 nitrogen and oxygen atoms in total.